The highest BCUT2D eigenvalue weighted by molar-refractivity contribution is 5.41. The standard InChI is InChI=1S/C17H22N2/c1-11-9-13(3)16(19-10-11)17(18-5)15-8-6-7-12(2)14(15)4/h6-10,17-18H,1-5H3. The van der Waals surface area contributed by atoms with Gasteiger partial charge in [0.2, 0.25) is 0 Å². The third kappa shape index (κ3) is 2.69. The molecule has 0 aliphatic rings. The Morgan fingerprint density at radius 1 is 1.05 bits per heavy atom. The zero-order valence-corrected chi connectivity index (χ0v) is 12.4. The van der Waals surface area contributed by atoms with Gasteiger partial charge in [0, 0.05) is 6.20 Å². The number of hydrogen-bond acceptors (Lipinski definition) is 2. The second-order valence-corrected chi connectivity index (χ2v) is 5.23. The second-order valence-electron chi connectivity index (χ2n) is 5.23. The molecule has 2 rings (SSSR count). The van der Waals surface area contributed by atoms with Crippen LogP contribution < -0.4 is 5.32 Å². The van der Waals surface area contributed by atoms with Gasteiger partial charge < -0.3 is 5.32 Å². The van der Waals surface area contributed by atoms with E-state index in [-0.39, 0.29) is 6.04 Å². The summed E-state index contributed by atoms with van der Waals surface area (Å²) in [5.74, 6) is 0. The Labute approximate surface area is 115 Å². The molecule has 0 amide bonds. The van der Waals surface area contributed by atoms with Crippen molar-refractivity contribution in [3.8, 4) is 0 Å². The molecular weight excluding hydrogens is 232 g/mol. The summed E-state index contributed by atoms with van der Waals surface area (Å²) in [5.41, 5.74) is 7.52. The van der Waals surface area contributed by atoms with Gasteiger partial charge in [-0.05, 0) is 62.6 Å². The molecule has 0 fully saturated rings. The van der Waals surface area contributed by atoms with Crippen LogP contribution >= 0.6 is 0 Å². The fraction of sp³-hybridized carbons (Fsp3) is 0.353. The summed E-state index contributed by atoms with van der Waals surface area (Å²) in [6.07, 6.45) is 1.94. The zero-order valence-electron chi connectivity index (χ0n) is 12.4. The van der Waals surface area contributed by atoms with Gasteiger partial charge in [-0.1, -0.05) is 24.3 Å². The lowest BCUT2D eigenvalue weighted by Gasteiger charge is -2.21. The van der Waals surface area contributed by atoms with Crippen molar-refractivity contribution in [3.05, 3.63) is 64.0 Å². The summed E-state index contributed by atoms with van der Waals surface area (Å²) in [4.78, 5) is 4.63. The third-order valence-electron chi connectivity index (χ3n) is 3.78. The molecule has 2 nitrogen and oxygen atoms in total. The molecule has 0 spiro atoms. The van der Waals surface area contributed by atoms with E-state index >= 15 is 0 Å². The van der Waals surface area contributed by atoms with E-state index in [1.807, 2.05) is 13.2 Å². The first-order chi connectivity index (χ1) is 9.04. The van der Waals surface area contributed by atoms with Crippen molar-refractivity contribution in [1.82, 2.24) is 10.3 Å². The maximum Gasteiger partial charge on any atom is 0.0754 e. The Hall–Kier alpha value is -1.67. The minimum Gasteiger partial charge on any atom is -0.308 e. The van der Waals surface area contributed by atoms with Gasteiger partial charge in [0.1, 0.15) is 0 Å². The molecule has 0 bridgehead atoms. The van der Waals surface area contributed by atoms with Crippen molar-refractivity contribution in [2.75, 3.05) is 7.05 Å². The van der Waals surface area contributed by atoms with Crippen molar-refractivity contribution in [2.24, 2.45) is 0 Å². The Morgan fingerprint density at radius 3 is 2.42 bits per heavy atom. The second kappa shape index (κ2) is 5.54. The molecule has 1 aromatic heterocycles. The molecular formula is C17H22N2. The Morgan fingerprint density at radius 2 is 1.79 bits per heavy atom. The normalized spacial score (nSPS) is 12.5. The number of benzene rings is 1. The summed E-state index contributed by atoms with van der Waals surface area (Å²) in [7, 11) is 1.99. The molecule has 1 heterocycles. The van der Waals surface area contributed by atoms with E-state index in [1.165, 1.54) is 27.8 Å². The highest BCUT2D eigenvalue weighted by atomic mass is 14.9. The van der Waals surface area contributed by atoms with E-state index in [1.54, 1.807) is 0 Å². The van der Waals surface area contributed by atoms with Crippen LogP contribution in [0.3, 0.4) is 0 Å². The quantitative estimate of drug-likeness (QED) is 0.905. The first-order valence-corrected chi connectivity index (χ1v) is 6.71. The van der Waals surface area contributed by atoms with E-state index < -0.39 is 0 Å². The summed E-state index contributed by atoms with van der Waals surface area (Å²) in [6.45, 7) is 8.54. The minimum absolute atomic E-state index is 0.153. The van der Waals surface area contributed by atoms with Gasteiger partial charge in [-0.2, -0.15) is 0 Å². The lowest BCUT2D eigenvalue weighted by molar-refractivity contribution is 0.661. The van der Waals surface area contributed by atoms with Crippen molar-refractivity contribution >= 4 is 0 Å². The number of hydrogen-bond donors (Lipinski definition) is 1. The van der Waals surface area contributed by atoms with E-state index in [0.29, 0.717) is 0 Å². The first-order valence-electron chi connectivity index (χ1n) is 6.71. The maximum absolute atomic E-state index is 4.63. The van der Waals surface area contributed by atoms with Gasteiger partial charge >= 0.3 is 0 Å². The number of pyridine rings is 1. The fourth-order valence-electron chi connectivity index (χ4n) is 2.55. The van der Waals surface area contributed by atoms with Gasteiger partial charge in [-0.3, -0.25) is 4.98 Å². The van der Waals surface area contributed by atoms with Crippen LogP contribution in [-0.4, -0.2) is 12.0 Å². The average molecular weight is 254 g/mol. The number of aryl methyl sites for hydroxylation is 3. The van der Waals surface area contributed by atoms with Crippen molar-refractivity contribution in [1.29, 1.82) is 0 Å². The number of rotatable bonds is 3. The zero-order chi connectivity index (χ0) is 14.0. The van der Waals surface area contributed by atoms with E-state index in [2.05, 4.69) is 62.3 Å². The maximum atomic E-state index is 4.63. The van der Waals surface area contributed by atoms with Crippen molar-refractivity contribution in [3.63, 3.8) is 0 Å². The van der Waals surface area contributed by atoms with Gasteiger partial charge in [-0.25, -0.2) is 0 Å². The molecule has 1 N–H and O–H groups in total. The number of nitrogens with zero attached hydrogens (tertiary/aromatic N) is 1. The molecule has 2 heteroatoms. The smallest absolute Gasteiger partial charge is 0.0754 e. The van der Waals surface area contributed by atoms with Crippen LogP contribution in [0.4, 0.5) is 0 Å². The van der Waals surface area contributed by atoms with E-state index in [4.69, 9.17) is 0 Å². The molecule has 0 radical (unpaired) electrons. The van der Waals surface area contributed by atoms with Crippen LogP contribution in [0, 0.1) is 27.7 Å². The largest absolute Gasteiger partial charge is 0.308 e. The van der Waals surface area contributed by atoms with E-state index in [0.717, 1.165) is 5.69 Å². The minimum atomic E-state index is 0.153. The summed E-state index contributed by atoms with van der Waals surface area (Å²) >= 11 is 0. The molecule has 19 heavy (non-hydrogen) atoms. The van der Waals surface area contributed by atoms with Crippen LogP contribution in [0.5, 0.6) is 0 Å². The lowest BCUT2D eigenvalue weighted by Crippen LogP contribution is -2.21. The highest BCUT2D eigenvalue weighted by Gasteiger charge is 2.18. The Kier molecular flexibility index (Phi) is 4.01. The predicted octanol–water partition coefficient (Wildman–Crippen LogP) is 3.62. The molecule has 0 saturated heterocycles. The lowest BCUT2D eigenvalue weighted by atomic mass is 9.93. The van der Waals surface area contributed by atoms with Gasteiger partial charge in [0.05, 0.1) is 11.7 Å². The molecule has 0 aliphatic heterocycles. The fourth-order valence-corrected chi connectivity index (χ4v) is 2.55. The molecule has 1 aromatic carbocycles. The Bertz CT molecular complexity index is 588. The summed E-state index contributed by atoms with van der Waals surface area (Å²) < 4.78 is 0. The van der Waals surface area contributed by atoms with Crippen LogP contribution in [0.25, 0.3) is 0 Å². The highest BCUT2D eigenvalue weighted by Crippen LogP contribution is 2.27. The molecule has 0 aliphatic carbocycles. The van der Waals surface area contributed by atoms with Crippen LogP contribution in [-0.2, 0) is 0 Å². The van der Waals surface area contributed by atoms with Gasteiger partial charge in [0.25, 0.3) is 0 Å². The molecule has 1 atom stereocenters. The number of nitrogens with one attached hydrogen (secondary N) is 1. The van der Waals surface area contributed by atoms with Gasteiger partial charge in [-0.15, -0.1) is 0 Å². The van der Waals surface area contributed by atoms with Crippen LogP contribution in [0.1, 0.15) is 39.6 Å². The van der Waals surface area contributed by atoms with E-state index in [9.17, 15) is 0 Å². The molecule has 100 valence electrons. The third-order valence-corrected chi connectivity index (χ3v) is 3.78. The topological polar surface area (TPSA) is 24.9 Å². The van der Waals surface area contributed by atoms with Gasteiger partial charge in [0.15, 0.2) is 0 Å². The Balaban J connectivity index is 2.53. The summed E-state index contributed by atoms with van der Waals surface area (Å²) in [5, 5.41) is 3.40. The van der Waals surface area contributed by atoms with Crippen LogP contribution in [0.15, 0.2) is 30.5 Å². The van der Waals surface area contributed by atoms with Crippen LogP contribution in [0.2, 0.25) is 0 Å². The average Bonchev–Trinajstić information content (AvgIpc) is 2.37. The monoisotopic (exact) mass is 254 g/mol. The molecule has 2 aromatic rings. The van der Waals surface area contributed by atoms with Crippen molar-refractivity contribution < 1.29 is 0 Å². The van der Waals surface area contributed by atoms with Crippen molar-refractivity contribution in [2.45, 2.75) is 33.7 Å². The SMILES string of the molecule is CNC(c1cccc(C)c1C)c1ncc(C)cc1C. The summed E-state index contributed by atoms with van der Waals surface area (Å²) in [6, 6.07) is 8.80. The first kappa shape index (κ1) is 13.8. The predicted molar refractivity (Wildman–Crippen MR) is 80.5 cm³/mol. The number of aromatic nitrogens is 1. The molecule has 1 unspecified atom stereocenters. The molecule has 0 saturated carbocycles.